The van der Waals surface area contributed by atoms with E-state index in [2.05, 4.69) is 0 Å². The van der Waals surface area contributed by atoms with Gasteiger partial charge in [-0.05, 0) is 12.8 Å². The largest absolute Gasteiger partial charge is 0.305 e. The molecule has 1 nitrogen and oxygen atoms in total. The average molecular weight is 220 g/mol. The van der Waals surface area contributed by atoms with Crippen molar-refractivity contribution < 1.29 is 4.18 Å². The minimum atomic E-state index is 0.942. The molecule has 0 saturated carbocycles. The van der Waals surface area contributed by atoms with Crippen molar-refractivity contribution in [3.63, 3.8) is 0 Å². The fraction of sp³-hybridized carbons (Fsp3) is 1.00. The Bertz CT molecular complexity index is 61.0. The molecule has 1 aliphatic rings. The van der Waals surface area contributed by atoms with Gasteiger partial charge < -0.3 is 4.18 Å². The lowest BCUT2D eigenvalue weighted by Crippen LogP contribution is -1.86. The highest BCUT2D eigenvalue weighted by molar-refractivity contribution is 8.74. The quantitative estimate of drug-likeness (QED) is 0.441. The molecule has 0 spiro atoms. The molecule has 0 atom stereocenters. The molecule has 1 saturated heterocycles. The summed E-state index contributed by atoms with van der Waals surface area (Å²) in [4.78, 5) is 0. The van der Waals surface area contributed by atoms with Crippen molar-refractivity contribution in [2.24, 2.45) is 0 Å². The summed E-state index contributed by atoms with van der Waals surface area (Å²) in [5, 5.41) is 0. The molecule has 0 aromatic heterocycles. The average Bonchev–Trinajstić information content (AvgIpc) is 2.18. The fourth-order valence-corrected chi connectivity index (χ4v) is 3.09. The van der Waals surface area contributed by atoms with Gasteiger partial charge in [0, 0.05) is 5.75 Å². The Balaban J connectivity index is 2.01. The molecule has 0 bridgehead atoms. The topological polar surface area (TPSA) is 9.23 Å². The van der Waals surface area contributed by atoms with Crippen LogP contribution in [0, 0.1) is 0 Å². The fourth-order valence-electron chi connectivity index (χ4n) is 1.48. The summed E-state index contributed by atoms with van der Waals surface area (Å²) >= 11 is 1.59. The van der Waals surface area contributed by atoms with Crippen LogP contribution in [0.5, 0.6) is 0 Å². The molecule has 0 aromatic carbocycles. The van der Waals surface area contributed by atoms with Crippen LogP contribution in [0.2, 0.25) is 0 Å². The van der Waals surface area contributed by atoms with Crippen LogP contribution in [-0.2, 0) is 4.18 Å². The Hall–Kier alpha value is 0.660. The van der Waals surface area contributed by atoms with Gasteiger partial charge in [-0.15, -0.1) is 0 Å². The smallest absolute Gasteiger partial charge is 0.0624 e. The predicted octanol–water partition coefficient (Wildman–Crippen LogP) is 4.43. The second-order valence-electron chi connectivity index (χ2n) is 3.54. The third kappa shape index (κ3) is 7.71. The SMILES string of the molecule is C1CCCCCSSOCCCC1. The summed E-state index contributed by atoms with van der Waals surface area (Å²) in [5.74, 6) is 1.25. The van der Waals surface area contributed by atoms with Crippen LogP contribution in [0.4, 0.5) is 0 Å². The van der Waals surface area contributed by atoms with E-state index < -0.39 is 0 Å². The zero-order chi connectivity index (χ0) is 9.19. The zero-order valence-corrected chi connectivity index (χ0v) is 9.93. The van der Waals surface area contributed by atoms with Gasteiger partial charge in [0.15, 0.2) is 0 Å². The normalized spacial score (nSPS) is 24.0. The van der Waals surface area contributed by atoms with E-state index in [0.29, 0.717) is 0 Å². The molecular formula is C10H20OS2. The van der Waals surface area contributed by atoms with E-state index in [-0.39, 0.29) is 0 Å². The van der Waals surface area contributed by atoms with Crippen molar-refractivity contribution in [2.75, 3.05) is 12.4 Å². The van der Waals surface area contributed by atoms with Gasteiger partial charge in [-0.2, -0.15) is 0 Å². The van der Waals surface area contributed by atoms with Crippen LogP contribution in [0.25, 0.3) is 0 Å². The molecule has 0 aromatic rings. The summed E-state index contributed by atoms with van der Waals surface area (Å²) in [6.45, 7) is 0.942. The van der Waals surface area contributed by atoms with Crippen LogP contribution in [0.15, 0.2) is 0 Å². The van der Waals surface area contributed by atoms with Gasteiger partial charge in [-0.1, -0.05) is 49.3 Å². The highest BCUT2D eigenvalue weighted by atomic mass is 33.1. The third-order valence-corrected chi connectivity index (χ3v) is 4.19. The summed E-state index contributed by atoms with van der Waals surface area (Å²) in [6.07, 6.45) is 11.1. The zero-order valence-electron chi connectivity index (χ0n) is 8.30. The molecule has 1 fully saturated rings. The van der Waals surface area contributed by atoms with Gasteiger partial charge >= 0.3 is 0 Å². The molecule has 1 heterocycles. The van der Waals surface area contributed by atoms with Crippen molar-refractivity contribution in [3.8, 4) is 0 Å². The second-order valence-corrected chi connectivity index (χ2v) is 5.67. The van der Waals surface area contributed by atoms with Crippen LogP contribution in [0.3, 0.4) is 0 Å². The van der Waals surface area contributed by atoms with E-state index in [1.807, 2.05) is 10.8 Å². The summed E-state index contributed by atoms with van der Waals surface area (Å²) in [5.41, 5.74) is 0. The molecule has 0 radical (unpaired) electrons. The Morgan fingerprint density at radius 2 is 1.31 bits per heavy atom. The predicted molar refractivity (Wildman–Crippen MR) is 62.9 cm³/mol. The van der Waals surface area contributed by atoms with Crippen LogP contribution < -0.4 is 0 Å². The van der Waals surface area contributed by atoms with Crippen molar-refractivity contribution >= 4 is 21.9 Å². The van der Waals surface area contributed by atoms with E-state index in [1.54, 1.807) is 11.1 Å². The highest BCUT2D eigenvalue weighted by Gasteiger charge is 1.96. The molecule has 1 aliphatic heterocycles. The second kappa shape index (κ2) is 9.22. The van der Waals surface area contributed by atoms with Crippen LogP contribution in [-0.4, -0.2) is 12.4 Å². The minimum Gasteiger partial charge on any atom is -0.305 e. The van der Waals surface area contributed by atoms with Crippen LogP contribution in [0.1, 0.15) is 51.4 Å². The molecule has 1 rings (SSSR count). The molecule has 0 aliphatic carbocycles. The molecular weight excluding hydrogens is 200 g/mol. The lowest BCUT2D eigenvalue weighted by atomic mass is 10.1. The van der Waals surface area contributed by atoms with Gasteiger partial charge in [0.25, 0.3) is 0 Å². The Labute approximate surface area is 90.0 Å². The molecule has 0 unspecified atom stereocenters. The summed E-state index contributed by atoms with van der Waals surface area (Å²) in [6, 6.07) is 0. The maximum Gasteiger partial charge on any atom is 0.0624 e. The van der Waals surface area contributed by atoms with E-state index >= 15 is 0 Å². The first kappa shape index (κ1) is 11.7. The van der Waals surface area contributed by atoms with Gasteiger partial charge in [-0.25, -0.2) is 0 Å². The number of rotatable bonds is 0. The number of hydrogen-bond acceptors (Lipinski definition) is 3. The highest BCUT2D eigenvalue weighted by Crippen LogP contribution is 2.25. The first-order valence-corrected chi connectivity index (χ1v) is 7.65. The van der Waals surface area contributed by atoms with E-state index in [4.69, 9.17) is 4.18 Å². The molecule has 0 amide bonds. The summed E-state index contributed by atoms with van der Waals surface area (Å²) in [7, 11) is 1.87. The Kier molecular flexibility index (Phi) is 8.33. The monoisotopic (exact) mass is 220 g/mol. The first-order chi connectivity index (χ1) is 6.50. The van der Waals surface area contributed by atoms with Crippen molar-refractivity contribution in [3.05, 3.63) is 0 Å². The number of hydrogen-bond donors (Lipinski definition) is 0. The molecule has 78 valence electrons. The lowest BCUT2D eigenvalue weighted by molar-refractivity contribution is 0.360. The van der Waals surface area contributed by atoms with Crippen molar-refractivity contribution in [2.45, 2.75) is 51.4 Å². The van der Waals surface area contributed by atoms with Gasteiger partial charge in [-0.3, -0.25) is 0 Å². The van der Waals surface area contributed by atoms with Crippen molar-refractivity contribution in [1.82, 2.24) is 0 Å². The van der Waals surface area contributed by atoms with Gasteiger partial charge in [0.2, 0.25) is 0 Å². The van der Waals surface area contributed by atoms with Crippen molar-refractivity contribution in [1.29, 1.82) is 0 Å². The molecule has 3 heteroatoms. The maximum atomic E-state index is 5.43. The standard InChI is InChI=1S/C10H20OS2/c1-2-4-6-8-10-12-13-11-9-7-5-3-1/h1-10H2. The Morgan fingerprint density at radius 1 is 0.692 bits per heavy atom. The van der Waals surface area contributed by atoms with E-state index in [1.165, 1.54) is 57.1 Å². The Morgan fingerprint density at radius 3 is 2.08 bits per heavy atom. The van der Waals surface area contributed by atoms with E-state index in [0.717, 1.165) is 6.61 Å². The molecule has 0 N–H and O–H groups in total. The van der Waals surface area contributed by atoms with Gasteiger partial charge in [0.05, 0.1) is 17.7 Å². The summed E-state index contributed by atoms with van der Waals surface area (Å²) < 4.78 is 5.43. The molecule has 13 heavy (non-hydrogen) atoms. The lowest BCUT2D eigenvalue weighted by Gasteiger charge is -2.00. The van der Waals surface area contributed by atoms with Gasteiger partial charge in [0.1, 0.15) is 0 Å². The maximum absolute atomic E-state index is 5.43. The minimum absolute atomic E-state index is 0.942. The first-order valence-electron chi connectivity index (χ1n) is 5.41. The van der Waals surface area contributed by atoms with Crippen LogP contribution >= 0.6 is 21.9 Å². The van der Waals surface area contributed by atoms with E-state index in [9.17, 15) is 0 Å². The third-order valence-electron chi connectivity index (χ3n) is 2.30.